The van der Waals surface area contributed by atoms with E-state index in [2.05, 4.69) is 25.8 Å². The topological polar surface area (TPSA) is 118 Å². The van der Waals surface area contributed by atoms with E-state index >= 15 is 0 Å². The van der Waals surface area contributed by atoms with Gasteiger partial charge in [-0.3, -0.25) is 9.89 Å². The van der Waals surface area contributed by atoms with Crippen LogP contribution in [0.1, 0.15) is 26.3 Å². The molecule has 0 aliphatic carbocycles. The van der Waals surface area contributed by atoms with Crippen LogP contribution in [0.3, 0.4) is 0 Å². The number of H-pyrrole nitrogens is 1. The van der Waals surface area contributed by atoms with Gasteiger partial charge in [0.25, 0.3) is 0 Å². The molecule has 0 bridgehead atoms. The van der Waals surface area contributed by atoms with Crippen LogP contribution in [0.2, 0.25) is 0 Å². The van der Waals surface area contributed by atoms with Gasteiger partial charge in [0.05, 0.1) is 13.3 Å². The molecule has 3 N–H and O–H groups in total. The number of benzene rings is 1. The number of ether oxygens (including phenoxy) is 2. The molecule has 1 atom stereocenters. The van der Waals surface area contributed by atoms with Gasteiger partial charge in [-0.2, -0.15) is 5.10 Å². The number of amides is 2. The Morgan fingerprint density at radius 2 is 1.88 bits per heavy atom. The summed E-state index contributed by atoms with van der Waals surface area (Å²) in [6.45, 7) is 5.28. The fraction of sp³-hybridized carbons (Fsp3) is 0.304. The molecule has 2 amide bonds. The molecule has 2 aromatic heterocycles. The molecule has 0 saturated carbocycles. The van der Waals surface area contributed by atoms with E-state index in [0.29, 0.717) is 5.69 Å². The highest BCUT2D eigenvalue weighted by molar-refractivity contribution is 5.98. The Morgan fingerprint density at radius 1 is 1.12 bits per heavy atom. The van der Waals surface area contributed by atoms with Crippen molar-refractivity contribution in [3.05, 3.63) is 60.6 Å². The Balaban J connectivity index is 1.83. The fourth-order valence-corrected chi connectivity index (χ4v) is 3.00. The fourth-order valence-electron chi connectivity index (χ4n) is 3.00. The number of hydrogen-bond acceptors (Lipinski definition) is 6. The number of hydrogen-bond donors (Lipinski definition) is 3. The highest BCUT2D eigenvalue weighted by Crippen LogP contribution is 2.28. The third-order valence-corrected chi connectivity index (χ3v) is 4.42. The van der Waals surface area contributed by atoms with E-state index in [1.807, 2.05) is 30.3 Å². The minimum Gasteiger partial charge on any atom is -0.480 e. The molecule has 3 rings (SSSR count). The van der Waals surface area contributed by atoms with Gasteiger partial charge in [0.15, 0.2) is 0 Å². The van der Waals surface area contributed by atoms with Crippen LogP contribution in [0.25, 0.3) is 11.1 Å². The Kier molecular flexibility index (Phi) is 7.09. The van der Waals surface area contributed by atoms with Gasteiger partial charge in [0.2, 0.25) is 11.8 Å². The molecule has 9 nitrogen and oxygen atoms in total. The molecule has 32 heavy (non-hydrogen) atoms. The van der Waals surface area contributed by atoms with Gasteiger partial charge in [-0.15, -0.1) is 0 Å². The summed E-state index contributed by atoms with van der Waals surface area (Å²) in [6, 6.07) is 10.3. The maximum atomic E-state index is 13.2. The van der Waals surface area contributed by atoms with Crippen LogP contribution >= 0.6 is 0 Å². The largest absolute Gasteiger partial charge is 0.480 e. The Morgan fingerprint density at radius 3 is 2.50 bits per heavy atom. The number of aromatic nitrogens is 3. The zero-order valence-electron chi connectivity index (χ0n) is 18.5. The molecule has 0 spiro atoms. The average molecular weight is 438 g/mol. The summed E-state index contributed by atoms with van der Waals surface area (Å²) >= 11 is 0. The van der Waals surface area contributed by atoms with Crippen LogP contribution in [0.4, 0.5) is 10.5 Å². The minimum absolute atomic E-state index is 0.251. The van der Waals surface area contributed by atoms with E-state index in [-0.39, 0.29) is 12.3 Å². The maximum absolute atomic E-state index is 13.2. The van der Waals surface area contributed by atoms with Gasteiger partial charge in [0.1, 0.15) is 17.3 Å². The van der Waals surface area contributed by atoms with Crippen LogP contribution in [0.5, 0.6) is 5.88 Å². The molecular formula is C23H27N5O4. The van der Waals surface area contributed by atoms with Gasteiger partial charge in [0, 0.05) is 29.9 Å². The molecular weight excluding hydrogens is 410 g/mol. The number of carbonyl (C=O) groups excluding carboxylic acids is 2. The first kappa shape index (κ1) is 22.8. The molecule has 1 aromatic carbocycles. The number of nitrogens with zero attached hydrogens (tertiary/aromatic N) is 2. The Hall–Kier alpha value is -3.88. The number of methoxy groups -OCH3 is 1. The van der Waals surface area contributed by atoms with Gasteiger partial charge in [-0.25, -0.2) is 9.78 Å². The van der Waals surface area contributed by atoms with Crippen molar-refractivity contribution >= 4 is 17.7 Å². The van der Waals surface area contributed by atoms with Crippen molar-refractivity contribution in [2.24, 2.45) is 0 Å². The van der Waals surface area contributed by atoms with Crippen molar-refractivity contribution < 1.29 is 19.1 Å². The van der Waals surface area contributed by atoms with Crippen molar-refractivity contribution in [3.8, 4) is 17.0 Å². The summed E-state index contributed by atoms with van der Waals surface area (Å²) in [5.74, 6) is -0.175. The summed E-state index contributed by atoms with van der Waals surface area (Å²) in [6.07, 6.45) is 4.60. The predicted molar refractivity (Wildman–Crippen MR) is 120 cm³/mol. The van der Waals surface area contributed by atoms with Crippen LogP contribution in [-0.4, -0.2) is 45.9 Å². The van der Waals surface area contributed by atoms with Gasteiger partial charge < -0.3 is 20.1 Å². The first-order valence-electron chi connectivity index (χ1n) is 10.1. The summed E-state index contributed by atoms with van der Waals surface area (Å²) in [5.41, 5.74) is 2.13. The van der Waals surface area contributed by atoms with Gasteiger partial charge in [-0.1, -0.05) is 30.3 Å². The summed E-state index contributed by atoms with van der Waals surface area (Å²) < 4.78 is 10.6. The third-order valence-electron chi connectivity index (χ3n) is 4.42. The van der Waals surface area contributed by atoms with E-state index in [9.17, 15) is 9.59 Å². The first-order valence-corrected chi connectivity index (χ1v) is 10.1. The van der Waals surface area contributed by atoms with E-state index in [4.69, 9.17) is 9.47 Å². The van der Waals surface area contributed by atoms with E-state index < -0.39 is 23.6 Å². The minimum atomic E-state index is -0.880. The zero-order valence-corrected chi connectivity index (χ0v) is 18.5. The van der Waals surface area contributed by atoms with Crippen molar-refractivity contribution in [3.63, 3.8) is 0 Å². The smallest absolute Gasteiger partial charge is 0.408 e. The van der Waals surface area contributed by atoms with E-state index in [0.717, 1.165) is 16.7 Å². The van der Waals surface area contributed by atoms with Crippen LogP contribution in [-0.2, 0) is 16.0 Å². The number of pyridine rings is 1. The monoisotopic (exact) mass is 437 g/mol. The number of anilines is 1. The summed E-state index contributed by atoms with van der Waals surface area (Å²) in [4.78, 5) is 29.9. The van der Waals surface area contributed by atoms with E-state index in [1.165, 1.54) is 7.11 Å². The maximum Gasteiger partial charge on any atom is 0.408 e. The second kappa shape index (κ2) is 9.95. The van der Waals surface area contributed by atoms with Gasteiger partial charge >= 0.3 is 6.09 Å². The van der Waals surface area contributed by atoms with Crippen molar-refractivity contribution in [1.29, 1.82) is 0 Å². The molecule has 9 heteroatoms. The Bertz CT molecular complexity index is 1050. The lowest BCUT2D eigenvalue weighted by molar-refractivity contribution is -0.118. The zero-order chi connectivity index (χ0) is 23.1. The molecule has 0 aliphatic rings. The number of nitrogens with one attached hydrogen (secondary N) is 3. The SMILES string of the molecule is COc1ncc(-c2cn[nH]c2)cc1NC(=O)C(Cc1ccccc1)NC(=O)OC(C)(C)C. The lowest BCUT2D eigenvalue weighted by atomic mass is 10.1. The number of aromatic amines is 1. The van der Waals surface area contributed by atoms with Crippen LogP contribution in [0, 0.1) is 0 Å². The highest BCUT2D eigenvalue weighted by Gasteiger charge is 2.26. The lowest BCUT2D eigenvalue weighted by Gasteiger charge is -2.23. The normalized spacial score (nSPS) is 12.0. The van der Waals surface area contributed by atoms with Gasteiger partial charge in [-0.05, 0) is 32.4 Å². The second-order valence-electron chi connectivity index (χ2n) is 8.15. The quantitative estimate of drug-likeness (QED) is 0.520. The number of alkyl carbamates (subject to hydrolysis) is 1. The third kappa shape index (κ3) is 6.31. The van der Waals surface area contributed by atoms with Crippen molar-refractivity contribution in [2.45, 2.75) is 38.8 Å². The Labute approximate surface area is 186 Å². The average Bonchev–Trinajstić information content (AvgIpc) is 3.27. The van der Waals surface area contributed by atoms with Crippen molar-refractivity contribution in [2.75, 3.05) is 12.4 Å². The second-order valence-corrected chi connectivity index (χ2v) is 8.15. The predicted octanol–water partition coefficient (Wildman–Crippen LogP) is 3.55. The molecule has 3 aromatic rings. The van der Waals surface area contributed by atoms with Crippen LogP contribution in [0.15, 0.2) is 55.0 Å². The number of carbonyl (C=O) groups is 2. The summed E-state index contributed by atoms with van der Waals surface area (Å²) in [5, 5.41) is 12.2. The number of rotatable bonds is 7. The van der Waals surface area contributed by atoms with Crippen LogP contribution < -0.4 is 15.4 Å². The lowest BCUT2D eigenvalue weighted by Crippen LogP contribution is -2.47. The highest BCUT2D eigenvalue weighted by atomic mass is 16.6. The molecule has 0 radical (unpaired) electrons. The summed E-state index contributed by atoms with van der Waals surface area (Å²) in [7, 11) is 1.47. The standard InChI is InChI=1S/C23H27N5O4/c1-23(2,3)32-22(30)28-18(10-15-8-6-5-7-9-15)20(29)27-19-11-16(12-24-21(19)31-4)17-13-25-26-14-17/h5-9,11-14,18H,10H2,1-4H3,(H,25,26)(H,27,29)(H,28,30). The molecule has 1 unspecified atom stereocenters. The molecule has 0 fully saturated rings. The molecule has 168 valence electrons. The van der Waals surface area contributed by atoms with E-state index in [1.54, 1.807) is 45.4 Å². The molecule has 0 saturated heterocycles. The first-order chi connectivity index (χ1) is 15.2. The van der Waals surface area contributed by atoms with Crippen molar-refractivity contribution in [1.82, 2.24) is 20.5 Å². The molecule has 2 heterocycles. The molecule has 0 aliphatic heterocycles.